The number of nitro benzene ring substituents is 1. The molecule has 0 aliphatic carbocycles. The van der Waals surface area contributed by atoms with E-state index in [0.29, 0.717) is 5.56 Å². The molecule has 3 N–H and O–H groups in total. The number of hydrogen-bond acceptors (Lipinski definition) is 4. The van der Waals surface area contributed by atoms with E-state index in [4.69, 9.17) is 5.73 Å². The lowest BCUT2D eigenvalue weighted by Gasteiger charge is -2.15. The Kier molecular flexibility index (Phi) is 5.94. The van der Waals surface area contributed by atoms with Crippen LogP contribution < -0.4 is 11.1 Å². The van der Waals surface area contributed by atoms with Gasteiger partial charge in [0.05, 0.1) is 11.3 Å². The Balaban J connectivity index is 2.08. The van der Waals surface area contributed by atoms with E-state index in [0.717, 1.165) is 12.1 Å². The molecule has 0 aliphatic heterocycles. The lowest BCUT2D eigenvalue weighted by Crippen LogP contribution is -2.46. The minimum atomic E-state index is -1.13. The number of hydrogen-bond donors (Lipinski definition) is 2. The first kappa shape index (κ1) is 19.0. The Morgan fingerprint density at radius 1 is 1.12 bits per heavy atom. The van der Waals surface area contributed by atoms with E-state index in [2.05, 4.69) is 5.32 Å². The van der Waals surface area contributed by atoms with Crippen molar-refractivity contribution in [3.05, 3.63) is 75.3 Å². The van der Waals surface area contributed by atoms with Crippen LogP contribution in [0.1, 0.15) is 11.1 Å². The van der Waals surface area contributed by atoms with Gasteiger partial charge in [-0.2, -0.15) is 4.39 Å². The molecule has 2 rings (SSSR count). The number of carbonyl (C=O) groups excluding carboxylic acids is 2. The molecule has 0 radical (unpaired) electrons. The molecule has 0 aliphatic rings. The van der Waals surface area contributed by atoms with Gasteiger partial charge in [0.2, 0.25) is 17.6 Å². The molecule has 26 heavy (non-hydrogen) atoms. The molecular weight excluding hydrogens is 348 g/mol. The largest absolute Gasteiger partial charge is 0.368 e. The van der Waals surface area contributed by atoms with Crippen molar-refractivity contribution in [1.82, 2.24) is 5.32 Å². The maximum Gasteiger partial charge on any atom is 0.305 e. The second-order valence-electron chi connectivity index (χ2n) is 5.57. The van der Waals surface area contributed by atoms with Crippen molar-refractivity contribution < 1.29 is 23.3 Å². The Bertz CT molecular complexity index is 840. The first-order valence-corrected chi connectivity index (χ1v) is 7.52. The van der Waals surface area contributed by atoms with Crippen LogP contribution in [0.25, 0.3) is 0 Å². The van der Waals surface area contributed by atoms with Crippen molar-refractivity contribution in [2.24, 2.45) is 5.73 Å². The molecule has 7 nitrogen and oxygen atoms in total. The second-order valence-corrected chi connectivity index (χ2v) is 5.57. The third-order valence-corrected chi connectivity index (χ3v) is 3.60. The summed E-state index contributed by atoms with van der Waals surface area (Å²) in [4.78, 5) is 33.5. The van der Waals surface area contributed by atoms with Gasteiger partial charge in [-0.25, -0.2) is 4.39 Å². The number of rotatable bonds is 7. The van der Waals surface area contributed by atoms with Crippen molar-refractivity contribution >= 4 is 17.5 Å². The smallest absolute Gasteiger partial charge is 0.305 e. The lowest BCUT2D eigenvalue weighted by atomic mass is 10.0. The van der Waals surface area contributed by atoms with Crippen molar-refractivity contribution in [1.29, 1.82) is 0 Å². The molecule has 0 bridgehead atoms. The van der Waals surface area contributed by atoms with Gasteiger partial charge in [-0.15, -0.1) is 0 Å². The molecule has 0 saturated carbocycles. The van der Waals surface area contributed by atoms with Crippen LogP contribution >= 0.6 is 0 Å². The normalized spacial score (nSPS) is 11.6. The molecule has 0 aromatic heterocycles. The molecule has 9 heteroatoms. The van der Waals surface area contributed by atoms with Gasteiger partial charge in [-0.3, -0.25) is 19.7 Å². The van der Waals surface area contributed by atoms with E-state index < -0.39 is 40.1 Å². The van der Waals surface area contributed by atoms with Crippen LogP contribution in [0, 0.1) is 21.7 Å². The molecule has 0 heterocycles. The third-order valence-electron chi connectivity index (χ3n) is 3.60. The summed E-state index contributed by atoms with van der Waals surface area (Å²) in [5.74, 6) is -2.82. The van der Waals surface area contributed by atoms with Gasteiger partial charge in [0.15, 0.2) is 0 Å². The number of nitrogens with two attached hydrogens (primary N) is 1. The number of nitrogens with zero attached hydrogens (tertiary/aromatic N) is 1. The molecule has 0 saturated heterocycles. The molecular formula is C17H15F2N3O4. The van der Waals surface area contributed by atoms with Gasteiger partial charge in [-0.1, -0.05) is 18.2 Å². The van der Waals surface area contributed by atoms with Crippen LogP contribution in [0.15, 0.2) is 42.5 Å². The quantitative estimate of drug-likeness (QED) is 0.574. The molecule has 1 atom stereocenters. The fourth-order valence-electron chi connectivity index (χ4n) is 2.32. The summed E-state index contributed by atoms with van der Waals surface area (Å²) in [5.41, 5.74) is 5.33. The maximum absolute atomic E-state index is 13.4. The highest BCUT2D eigenvalue weighted by Gasteiger charge is 2.21. The van der Waals surface area contributed by atoms with Gasteiger partial charge in [0, 0.05) is 12.5 Å². The average molecular weight is 363 g/mol. The number of nitro groups is 1. The third kappa shape index (κ3) is 5.07. The van der Waals surface area contributed by atoms with E-state index >= 15 is 0 Å². The van der Waals surface area contributed by atoms with Crippen molar-refractivity contribution in [3.63, 3.8) is 0 Å². The minimum Gasteiger partial charge on any atom is -0.368 e. The summed E-state index contributed by atoms with van der Waals surface area (Å²) in [6.45, 7) is 0. The monoisotopic (exact) mass is 363 g/mol. The van der Waals surface area contributed by atoms with Crippen molar-refractivity contribution in [2.75, 3.05) is 0 Å². The fraction of sp³-hybridized carbons (Fsp3) is 0.176. The van der Waals surface area contributed by atoms with E-state index in [-0.39, 0.29) is 18.4 Å². The summed E-state index contributed by atoms with van der Waals surface area (Å²) in [7, 11) is 0. The standard InChI is InChI=1S/C17H15F2N3O4/c18-12-4-1-10(2-5-12)9-16(23)21-14(17(20)24)7-11-3-6-13(19)15(8-11)22(25)26/h1-6,8,14H,7,9H2,(H2,20,24)(H,21,23)/t14-/m0/s1. The van der Waals surface area contributed by atoms with Crippen LogP contribution in [-0.2, 0) is 22.4 Å². The average Bonchev–Trinajstić information content (AvgIpc) is 2.57. The van der Waals surface area contributed by atoms with E-state index in [1.165, 1.54) is 30.3 Å². The van der Waals surface area contributed by atoms with Crippen LogP contribution in [0.3, 0.4) is 0 Å². The predicted molar refractivity (Wildman–Crippen MR) is 88.0 cm³/mol. The molecule has 0 fully saturated rings. The number of carbonyl (C=O) groups is 2. The molecule has 0 spiro atoms. The number of amides is 2. The maximum atomic E-state index is 13.4. The van der Waals surface area contributed by atoms with Gasteiger partial charge in [0.25, 0.3) is 0 Å². The molecule has 136 valence electrons. The summed E-state index contributed by atoms with van der Waals surface area (Å²) in [5, 5.41) is 13.2. The molecule has 2 aromatic rings. The zero-order valence-electron chi connectivity index (χ0n) is 13.4. The lowest BCUT2D eigenvalue weighted by molar-refractivity contribution is -0.387. The highest BCUT2D eigenvalue weighted by molar-refractivity contribution is 5.87. The Hall–Kier alpha value is -3.36. The summed E-state index contributed by atoms with van der Waals surface area (Å²) in [6.07, 6.45) is -0.237. The van der Waals surface area contributed by atoms with Crippen molar-refractivity contribution in [3.8, 4) is 0 Å². The number of nitrogens with one attached hydrogen (secondary N) is 1. The molecule has 2 amide bonds. The number of primary amides is 1. The van der Waals surface area contributed by atoms with E-state index in [1.807, 2.05) is 0 Å². The number of halogens is 2. The zero-order chi connectivity index (χ0) is 19.3. The van der Waals surface area contributed by atoms with Gasteiger partial charge < -0.3 is 11.1 Å². The highest BCUT2D eigenvalue weighted by atomic mass is 19.1. The van der Waals surface area contributed by atoms with Crippen LogP contribution in [0.2, 0.25) is 0 Å². The van der Waals surface area contributed by atoms with Gasteiger partial charge >= 0.3 is 5.69 Å². The SMILES string of the molecule is NC(=O)[C@H](Cc1ccc(F)c([N+](=O)[O-])c1)NC(=O)Cc1ccc(F)cc1. The first-order valence-electron chi connectivity index (χ1n) is 7.52. The van der Waals surface area contributed by atoms with Crippen LogP contribution in [-0.4, -0.2) is 22.8 Å². The van der Waals surface area contributed by atoms with Gasteiger partial charge in [-0.05, 0) is 29.3 Å². The predicted octanol–water partition coefficient (Wildman–Crippen LogP) is 1.63. The summed E-state index contributed by atoms with van der Waals surface area (Å²) in [6, 6.07) is 7.29. The zero-order valence-corrected chi connectivity index (χ0v) is 13.4. The van der Waals surface area contributed by atoms with E-state index in [9.17, 15) is 28.5 Å². The highest BCUT2D eigenvalue weighted by Crippen LogP contribution is 2.19. The minimum absolute atomic E-state index is 0.104. The Labute approximate surface area is 147 Å². The first-order chi connectivity index (χ1) is 12.3. The molecule has 2 aromatic carbocycles. The van der Waals surface area contributed by atoms with E-state index in [1.54, 1.807) is 0 Å². The Morgan fingerprint density at radius 2 is 1.73 bits per heavy atom. The van der Waals surface area contributed by atoms with Crippen LogP contribution in [0.5, 0.6) is 0 Å². The number of benzene rings is 2. The summed E-state index contributed by atoms with van der Waals surface area (Å²) >= 11 is 0. The second kappa shape index (κ2) is 8.15. The Morgan fingerprint density at radius 3 is 2.31 bits per heavy atom. The summed E-state index contributed by atoms with van der Waals surface area (Å²) < 4.78 is 26.2. The van der Waals surface area contributed by atoms with Crippen LogP contribution in [0.4, 0.5) is 14.5 Å². The fourth-order valence-corrected chi connectivity index (χ4v) is 2.32. The molecule has 0 unspecified atom stereocenters. The van der Waals surface area contributed by atoms with Gasteiger partial charge in [0.1, 0.15) is 11.9 Å². The topological polar surface area (TPSA) is 115 Å². The van der Waals surface area contributed by atoms with Crippen molar-refractivity contribution in [2.45, 2.75) is 18.9 Å².